The van der Waals surface area contributed by atoms with Crippen molar-refractivity contribution >= 4 is 21.6 Å². The first-order valence-corrected chi connectivity index (χ1v) is 7.61. The number of anilines is 1. The molecule has 2 rings (SSSR count). The van der Waals surface area contributed by atoms with E-state index in [1.165, 1.54) is 17.5 Å². The minimum atomic E-state index is -0.133. The molecule has 1 aliphatic rings. The molecule has 0 bridgehead atoms. The molecule has 0 aromatic carbocycles. The second kappa shape index (κ2) is 7.19. The molecule has 7 heteroatoms. The lowest BCUT2D eigenvalue weighted by atomic mass is 10.2. The molecule has 1 unspecified atom stereocenters. The molecule has 0 amide bonds. The number of nitrogens with one attached hydrogen (secondary N) is 1. The molecule has 0 radical (unpaired) electrons. The average molecular weight is 345 g/mol. The Kier molecular flexibility index (Phi) is 5.56. The normalized spacial score (nSPS) is 19.4. The zero-order chi connectivity index (χ0) is 14.5. The van der Waals surface area contributed by atoms with Crippen LogP contribution in [0.5, 0.6) is 0 Å². The first-order chi connectivity index (χ1) is 9.63. The molecule has 0 spiro atoms. The Labute approximate surface area is 127 Å². The van der Waals surface area contributed by atoms with Crippen LogP contribution in [-0.2, 0) is 11.3 Å². The van der Waals surface area contributed by atoms with Crippen molar-refractivity contribution in [2.24, 2.45) is 0 Å². The van der Waals surface area contributed by atoms with Crippen LogP contribution in [0.25, 0.3) is 0 Å². The number of hydrogen-bond donors (Lipinski definition) is 1. The van der Waals surface area contributed by atoms with E-state index in [1.807, 2.05) is 0 Å². The van der Waals surface area contributed by atoms with Gasteiger partial charge in [-0.05, 0) is 42.4 Å². The monoisotopic (exact) mass is 344 g/mol. The van der Waals surface area contributed by atoms with Crippen LogP contribution in [0.15, 0.2) is 15.5 Å². The van der Waals surface area contributed by atoms with Crippen LogP contribution >= 0.6 is 15.9 Å². The van der Waals surface area contributed by atoms with Gasteiger partial charge in [0.05, 0.1) is 25.0 Å². The molecule has 20 heavy (non-hydrogen) atoms. The summed E-state index contributed by atoms with van der Waals surface area (Å²) < 4.78 is 6.90. The van der Waals surface area contributed by atoms with Gasteiger partial charge in [0.2, 0.25) is 0 Å². The molecule has 112 valence electrons. The molecule has 1 aromatic heterocycles. The van der Waals surface area contributed by atoms with Crippen LogP contribution < -0.4 is 10.9 Å². The third-order valence-electron chi connectivity index (χ3n) is 3.69. The number of methoxy groups -OCH3 is 1. The number of aromatic nitrogens is 2. The lowest BCUT2D eigenvalue weighted by molar-refractivity contribution is 0.181. The Balaban J connectivity index is 2.01. The van der Waals surface area contributed by atoms with Gasteiger partial charge in [-0.2, -0.15) is 5.10 Å². The number of hydrogen-bond acceptors (Lipinski definition) is 5. The molecule has 0 saturated carbocycles. The van der Waals surface area contributed by atoms with E-state index in [0.29, 0.717) is 23.7 Å². The highest BCUT2D eigenvalue weighted by Crippen LogP contribution is 2.19. The molecule has 1 fully saturated rings. The van der Waals surface area contributed by atoms with Crippen molar-refractivity contribution in [1.82, 2.24) is 14.7 Å². The van der Waals surface area contributed by atoms with Gasteiger partial charge in [-0.3, -0.25) is 4.79 Å². The fraction of sp³-hybridized carbons (Fsp3) is 0.692. The van der Waals surface area contributed by atoms with Crippen molar-refractivity contribution < 1.29 is 4.74 Å². The van der Waals surface area contributed by atoms with Crippen molar-refractivity contribution in [3.05, 3.63) is 21.0 Å². The van der Waals surface area contributed by atoms with E-state index in [9.17, 15) is 4.79 Å². The van der Waals surface area contributed by atoms with Gasteiger partial charge in [-0.15, -0.1) is 0 Å². The highest BCUT2D eigenvalue weighted by Gasteiger charge is 2.20. The standard InChI is InChI=1S/C13H21BrN4O2/c1-17-5-3-4-10(17)8-15-11-9-16-18(6-7-20-2)13(19)12(11)14/h9-10,15H,3-8H2,1-2H3. The minimum Gasteiger partial charge on any atom is -0.383 e. The summed E-state index contributed by atoms with van der Waals surface area (Å²) >= 11 is 3.36. The highest BCUT2D eigenvalue weighted by molar-refractivity contribution is 9.10. The zero-order valence-electron chi connectivity index (χ0n) is 11.9. The van der Waals surface area contributed by atoms with Gasteiger partial charge in [0.1, 0.15) is 4.47 Å². The Hall–Kier alpha value is -0.920. The maximum Gasteiger partial charge on any atom is 0.283 e. The summed E-state index contributed by atoms with van der Waals surface area (Å²) in [4.78, 5) is 14.4. The van der Waals surface area contributed by atoms with E-state index in [0.717, 1.165) is 18.8 Å². The smallest absolute Gasteiger partial charge is 0.283 e. The minimum absolute atomic E-state index is 0.133. The van der Waals surface area contributed by atoms with E-state index in [4.69, 9.17) is 4.74 Å². The largest absolute Gasteiger partial charge is 0.383 e. The molecule has 1 aliphatic heterocycles. The molecule has 1 N–H and O–H groups in total. The quantitative estimate of drug-likeness (QED) is 0.839. The van der Waals surface area contributed by atoms with Crippen LogP contribution in [0.3, 0.4) is 0 Å². The van der Waals surface area contributed by atoms with Gasteiger partial charge in [-0.1, -0.05) is 0 Å². The van der Waals surface area contributed by atoms with Gasteiger partial charge in [-0.25, -0.2) is 4.68 Å². The second-order valence-electron chi connectivity index (χ2n) is 5.05. The lowest BCUT2D eigenvalue weighted by Gasteiger charge is -2.20. The van der Waals surface area contributed by atoms with Gasteiger partial charge in [0, 0.05) is 19.7 Å². The molecular weight excluding hydrogens is 324 g/mol. The lowest BCUT2D eigenvalue weighted by Crippen LogP contribution is -2.32. The Bertz CT molecular complexity index is 506. The van der Waals surface area contributed by atoms with Crippen molar-refractivity contribution in [2.45, 2.75) is 25.4 Å². The van der Waals surface area contributed by atoms with Crippen LogP contribution in [-0.4, -0.2) is 54.6 Å². The molecule has 1 saturated heterocycles. The van der Waals surface area contributed by atoms with Crippen molar-refractivity contribution in [2.75, 3.05) is 39.2 Å². The molecule has 1 atom stereocenters. The number of halogens is 1. The number of nitrogens with zero attached hydrogens (tertiary/aromatic N) is 3. The van der Waals surface area contributed by atoms with E-state index >= 15 is 0 Å². The molecule has 0 aliphatic carbocycles. The molecular formula is C13H21BrN4O2. The fourth-order valence-corrected chi connectivity index (χ4v) is 2.84. The number of rotatable bonds is 6. The Morgan fingerprint density at radius 2 is 2.40 bits per heavy atom. The summed E-state index contributed by atoms with van der Waals surface area (Å²) in [5.74, 6) is 0. The van der Waals surface area contributed by atoms with Crippen LogP contribution in [0.1, 0.15) is 12.8 Å². The fourth-order valence-electron chi connectivity index (χ4n) is 2.39. The van der Waals surface area contributed by atoms with Crippen LogP contribution in [0.4, 0.5) is 5.69 Å². The zero-order valence-corrected chi connectivity index (χ0v) is 13.5. The molecule has 2 heterocycles. The second-order valence-corrected chi connectivity index (χ2v) is 5.84. The first-order valence-electron chi connectivity index (χ1n) is 6.82. The molecule has 6 nitrogen and oxygen atoms in total. The summed E-state index contributed by atoms with van der Waals surface area (Å²) in [6, 6.07) is 0.526. The summed E-state index contributed by atoms with van der Waals surface area (Å²) in [6.07, 6.45) is 4.12. The van der Waals surface area contributed by atoms with E-state index in [-0.39, 0.29) is 5.56 Å². The van der Waals surface area contributed by atoms with E-state index in [2.05, 4.69) is 38.3 Å². The van der Waals surface area contributed by atoms with E-state index < -0.39 is 0 Å². The predicted octanol–water partition coefficient (Wildman–Crippen LogP) is 1.16. The SMILES string of the molecule is COCCn1ncc(NCC2CCCN2C)c(Br)c1=O. The van der Waals surface area contributed by atoms with Crippen molar-refractivity contribution in [3.63, 3.8) is 0 Å². The van der Waals surface area contributed by atoms with Crippen molar-refractivity contribution in [1.29, 1.82) is 0 Å². The van der Waals surface area contributed by atoms with E-state index in [1.54, 1.807) is 13.3 Å². The summed E-state index contributed by atoms with van der Waals surface area (Å²) in [5, 5.41) is 7.47. The maximum atomic E-state index is 12.1. The third-order valence-corrected chi connectivity index (χ3v) is 4.46. The predicted molar refractivity (Wildman–Crippen MR) is 82.2 cm³/mol. The Morgan fingerprint density at radius 1 is 1.60 bits per heavy atom. The topological polar surface area (TPSA) is 59.4 Å². The Morgan fingerprint density at radius 3 is 3.05 bits per heavy atom. The number of likely N-dealkylation sites (tertiary alicyclic amines) is 1. The number of ether oxygens (including phenoxy) is 1. The highest BCUT2D eigenvalue weighted by atomic mass is 79.9. The summed E-state index contributed by atoms with van der Waals surface area (Å²) in [6.45, 7) is 2.90. The maximum absolute atomic E-state index is 12.1. The van der Waals surface area contributed by atoms with Crippen molar-refractivity contribution in [3.8, 4) is 0 Å². The van der Waals surface area contributed by atoms with Gasteiger partial charge in [0.15, 0.2) is 0 Å². The van der Waals surface area contributed by atoms with Gasteiger partial charge >= 0.3 is 0 Å². The summed E-state index contributed by atoms with van der Waals surface area (Å²) in [7, 11) is 3.74. The number of likely N-dealkylation sites (N-methyl/N-ethyl adjacent to an activating group) is 1. The van der Waals surface area contributed by atoms with Gasteiger partial charge in [0.25, 0.3) is 5.56 Å². The third kappa shape index (κ3) is 3.59. The first kappa shape index (κ1) is 15.5. The average Bonchev–Trinajstić information content (AvgIpc) is 2.85. The van der Waals surface area contributed by atoms with Crippen LogP contribution in [0.2, 0.25) is 0 Å². The summed E-state index contributed by atoms with van der Waals surface area (Å²) in [5.41, 5.74) is 0.621. The van der Waals surface area contributed by atoms with Crippen LogP contribution in [0, 0.1) is 0 Å². The van der Waals surface area contributed by atoms with Gasteiger partial charge < -0.3 is 15.0 Å². The molecule has 1 aromatic rings.